The Labute approximate surface area is 568 Å². The zero-order chi connectivity index (χ0) is 71.8. The molecule has 0 spiro atoms. The number of nitrogens with one attached hydrogen (secondary N) is 11. The molecule has 0 bridgehead atoms. The van der Waals surface area contributed by atoms with Crippen molar-refractivity contribution < 1.29 is 77.5 Å². The van der Waals surface area contributed by atoms with E-state index in [1.165, 1.54) is 45.0 Å². The van der Waals surface area contributed by atoms with Gasteiger partial charge in [0.2, 0.25) is 53.2 Å². The van der Waals surface area contributed by atoms with Crippen molar-refractivity contribution >= 4 is 71.3 Å². The molecule has 1 aliphatic heterocycles. The predicted octanol–water partition coefficient (Wildman–Crippen LogP) is -0.263. The summed E-state index contributed by atoms with van der Waals surface area (Å²) in [5.74, 6) is -12.3. The number of benzene rings is 4. The van der Waals surface area contributed by atoms with Crippen molar-refractivity contribution in [3.8, 4) is 11.1 Å². The number of hydrogen-bond acceptors (Lipinski definition) is 17. The number of fused-ring (bicyclic) bond motifs is 3. The third-order valence-electron chi connectivity index (χ3n) is 16.6. The summed E-state index contributed by atoms with van der Waals surface area (Å²) in [5.41, 5.74) is 15.5. The quantitative estimate of drug-likeness (QED) is 0.0308. The van der Waals surface area contributed by atoms with Gasteiger partial charge in [0.1, 0.15) is 61.5 Å². The maximum absolute atomic E-state index is 15.3. The lowest BCUT2D eigenvalue weighted by Crippen LogP contribution is -2.64. The van der Waals surface area contributed by atoms with Crippen molar-refractivity contribution in [2.75, 3.05) is 32.8 Å². The third kappa shape index (κ3) is 22.2. The summed E-state index contributed by atoms with van der Waals surface area (Å²) in [6.07, 6.45) is -5.60. The molecule has 530 valence electrons. The highest BCUT2D eigenvalue weighted by atomic mass is 16.6. The van der Waals surface area contributed by atoms with Crippen LogP contribution in [0.4, 0.5) is 9.59 Å². The summed E-state index contributed by atoms with van der Waals surface area (Å²) in [4.78, 5) is 163. The van der Waals surface area contributed by atoms with Crippen LogP contribution in [-0.2, 0) is 59.2 Å². The molecule has 1 unspecified atom stereocenters. The van der Waals surface area contributed by atoms with Gasteiger partial charge in [-0.3, -0.25) is 48.1 Å². The molecule has 11 amide bonds. The molecule has 1 heterocycles. The van der Waals surface area contributed by atoms with Crippen LogP contribution in [0.5, 0.6) is 0 Å². The first-order valence-electron chi connectivity index (χ1n) is 32.5. The Bertz CT molecular complexity index is 3400. The fourth-order valence-electron chi connectivity index (χ4n) is 11.0. The monoisotopic (exact) mass is 1360 g/mol. The number of alkyl carbamates (subject to hydrolysis) is 2. The van der Waals surface area contributed by atoms with E-state index in [-0.39, 0.29) is 68.8 Å². The second-order valence-corrected chi connectivity index (χ2v) is 24.9. The number of guanidine groups is 1. The van der Waals surface area contributed by atoms with Crippen LogP contribution in [-0.4, -0.2) is 180 Å². The fourth-order valence-corrected chi connectivity index (χ4v) is 11.0. The SMILES string of the molecule is CC[C@H](C)[C@@H]1NC(=O)[C@@H](CCCN=C(N)N)NC(=O)[C@H](CC(C)C)NC(=O)[C@H]([C@H](O)C(C)C)NC(=O)[C@@H](NC(=O)OCc2ccccc2)[C@@H](c2ccccc2)NC(=O)C(CO)NC(=O)[C@H](CNC(=O)OCC2c3ccccc3-c3ccccc32)NC(=O)CNC(=O)[C@H]([C@H](C)O)NC1=O. The Balaban J connectivity index is 1.42. The second-order valence-electron chi connectivity index (χ2n) is 24.9. The molecule has 0 aromatic heterocycles. The van der Waals surface area contributed by atoms with Gasteiger partial charge in [-0.05, 0) is 77.3 Å². The lowest BCUT2D eigenvalue weighted by Gasteiger charge is -2.33. The van der Waals surface area contributed by atoms with E-state index in [2.05, 4.69) is 63.5 Å². The van der Waals surface area contributed by atoms with Gasteiger partial charge in [0.15, 0.2) is 5.96 Å². The van der Waals surface area contributed by atoms with Crippen LogP contribution < -0.4 is 70.0 Å². The number of hydrogen-bond donors (Lipinski definition) is 16. The van der Waals surface area contributed by atoms with Gasteiger partial charge >= 0.3 is 12.2 Å². The van der Waals surface area contributed by atoms with Crippen molar-refractivity contribution in [1.82, 2.24) is 58.5 Å². The molecule has 30 heteroatoms. The molecule has 0 radical (unpaired) electrons. The molecular formula is C68H92N14O16. The van der Waals surface area contributed by atoms with Crippen LogP contribution >= 0.6 is 0 Å². The van der Waals surface area contributed by atoms with Gasteiger partial charge in [0.25, 0.3) is 0 Å². The Morgan fingerprint density at radius 2 is 1.13 bits per heavy atom. The number of carbonyl (C=O) groups excluding carboxylic acids is 11. The summed E-state index contributed by atoms with van der Waals surface area (Å²) >= 11 is 0. The highest BCUT2D eigenvalue weighted by Gasteiger charge is 2.42. The summed E-state index contributed by atoms with van der Waals surface area (Å²) < 4.78 is 11.2. The first kappa shape index (κ1) is 76.8. The molecule has 2 aliphatic rings. The molecule has 6 rings (SSSR count). The average Bonchev–Trinajstić information content (AvgIpc) is 1.60. The number of aliphatic imine (C=N–C) groups is 1. The number of nitrogens with zero attached hydrogens (tertiary/aromatic N) is 1. The van der Waals surface area contributed by atoms with Gasteiger partial charge in [-0.2, -0.15) is 0 Å². The Morgan fingerprint density at radius 3 is 1.72 bits per heavy atom. The van der Waals surface area contributed by atoms with Crippen LogP contribution in [0.3, 0.4) is 0 Å². The van der Waals surface area contributed by atoms with Gasteiger partial charge in [-0.15, -0.1) is 0 Å². The van der Waals surface area contributed by atoms with E-state index < -0.39 is 163 Å². The van der Waals surface area contributed by atoms with Gasteiger partial charge < -0.3 is 94.7 Å². The standard InChI is InChI=1S/C68H92N14O16/c1-8-38(6)52-63(92)79-53(39(7)84)62(91)72-32-51(85)74-49(31-73-67(95)98-35-46-44-26-17-15-24-42(44)43-25-16-18-27-45(43)46)60(89)77-50(33-83)61(90)80-54(41-22-13-10-14-23-41)55(82-68(96)97-34-40-20-11-9-12-21-40)64(93)81-56(57(86)37(4)5)65(94)76-48(30-36(2)3)59(88)75-47(58(87)78-52)28-19-29-71-66(69)70/h9-18,20-27,36-39,46-50,52-57,83-84,86H,8,19,28-35H2,1-7H3,(H,72,91)(H,73,95)(H,74,85)(H,75,88)(H,76,94)(H,77,89)(H,78,87)(H,79,92)(H,80,90)(H,81,93)(H,82,96)(H4,69,70,71)/t38-,39-,47+,48-,49-,50?,52-,53-,54+,55-,56-,57+/m0/s1. The van der Waals surface area contributed by atoms with Crippen LogP contribution in [0, 0.1) is 17.8 Å². The molecule has 12 atom stereocenters. The molecule has 0 saturated carbocycles. The number of nitrogens with two attached hydrogens (primary N) is 2. The lowest BCUT2D eigenvalue weighted by molar-refractivity contribution is -0.138. The van der Waals surface area contributed by atoms with Crippen molar-refractivity contribution in [1.29, 1.82) is 0 Å². The first-order valence-corrected chi connectivity index (χ1v) is 32.5. The number of aliphatic hydroxyl groups is 3. The van der Waals surface area contributed by atoms with Crippen molar-refractivity contribution in [3.63, 3.8) is 0 Å². The molecule has 1 aliphatic carbocycles. The van der Waals surface area contributed by atoms with Crippen molar-refractivity contribution in [2.24, 2.45) is 34.2 Å². The van der Waals surface area contributed by atoms with Crippen molar-refractivity contribution in [3.05, 3.63) is 131 Å². The first-order chi connectivity index (χ1) is 46.7. The van der Waals surface area contributed by atoms with Crippen LogP contribution in [0.2, 0.25) is 0 Å². The molecule has 18 N–H and O–H groups in total. The third-order valence-corrected chi connectivity index (χ3v) is 16.6. The number of aliphatic hydroxyl groups excluding tert-OH is 3. The van der Waals surface area contributed by atoms with E-state index in [0.29, 0.717) is 5.56 Å². The summed E-state index contributed by atoms with van der Waals surface area (Å²) in [7, 11) is 0. The normalized spacial score (nSPS) is 22.9. The van der Waals surface area contributed by atoms with E-state index >= 15 is 4.79 Å². The molecule has 4 aromatic carbocycles. The molecule has 30 nitrogen and oxygen atoms in total. The average molecular weight is 1360 g/mol. The Hall–Kier alpha value is -10.2. The molecule has 98 heavy (non-hydrogen) atoms. The van der Waals surface area contributed by atoms with Crippen LogP contribution in [0.15, 0.2) is 114 Å². The summed E-state index contributed by atoms with van der Waals surface area (Å²) in [6, 6.07) is 15.4. The second kappa shape index (κ2) is 37.3. The van der Waals surface area contributed by atoms with E-state index in [1.54, 1.807) is 64.1 Å². The van der Waals surface area contributed by atoms with E-state index in [1.807, 2.05) is 48.5 Å². The Kier molecular flexibility index (Phi) is 29.3. The smallest absolute Gasteiger partial charge is 0.408 e. The number of carbonyl (C=O) groups is 11. The minimum Gasteiger partial charge on any atom is -0.449 e. The zero-order valence-electron chi connectivity index (χ0n) is 55.9. The summed E-state index contributed by atoms with van der Waals surface area (Å²) in [5, 5.41) is 61.2. The van der Waals surface area contributed by atoms with Gasteiger partial charge in [0, 0.05) is 12.5 Å². The summed E-state index contributed by atoms with van der Waals surface area (Å²) in [6.45, 7) is 7.62. The number of amides is 11. The predicted molar refractivity (Wildman–Crippen MR) is 359 cm³/mol. The van der Waals surface area contributed by atoms with Gasteiger partial charge in [-0.1, -0.05) is 157 Å². The van der Waals surface area contributed by atoms with Gasteiger partial charge in [0.05, 0.1) is 37.9 Å². The van der Waals surface area contributed by atoms with Crippen LogP contribution in [0.1, 0.15) is 108 Å². The number of ether oxygens (including phenoxy) is 2. The van der Waals surface area contributed by atoms with E-state index in [9.17, 15) is 63.3 Å². The fraction of sp³-hybridized carbons (Fsp3) is 0.471. The maximum atomic E-state index is 15.3. The largest absolute Gasteiger partial charge is 0.449 e. The van der Waals surface area contributed by atoms with Crippen molar-refractivity contribution in [2.45, 2.75) is 153 Å². The molecule has 1 saturated heterocycles. The maximum Gasteiger partial charge on any atom is 0.408 e. The van der Waals surface area contributed by atoms with E-state index in [4.69, 9.17) is 20.9 Å². The topological polar surface area (TPSA) is 464 Å². The Morgan fingerprint density at radius 1 is 0.592 bits per heavy atom. The zero-order valence-corrected chi connectivity index (χ0v) is 55.9. The minimum atomic E-state index is -2.01. The van der Waals surface area contributed by atoms with Crippen LogP contribution in [0.25, 0.3) is 11.1 Å². The lowest BCUT2D eigenvalue weighted by atomic mass is 9.94. The highest BCUT2D eigenvalue weighted by Crippen LogP contribution is 2.44. The number of rotatable bonds is 20. The molecular weight excluding hydrogens is 1270 g/mol. The minimum absolute atomic E-state index is 0.0233. The molecule has 1 fully saturated rings. The van der Waals surface area contributed by atoms with E-state index in [0.717, 1.165) is 22.3 Å². The highest BCUT2D eigenvalue weighted by molar-refractivity contribution is 5.99. The van der Waals surface area contributed by atoms with Gasteiger partial charge in [-0.25, -0.2) is 9.59 Å². The molecule has 4 aromatic rings.